The Hall–Kier alpha value is -2.28. The van der Waals surface area contributed by atoms with E-state index in [9.17, 15) is 13.6 Å². The number of amides is 1. The van der Waals surface area contributed by atoms with E-state index in [1.165, 1.54) is 12.3 Å². The number of nitrogens with zero attached hydrogens (tertiary/aromatic N) is 1. The lowest BCUT2D eigenvalue weighted by molar-refractivity contribution is 0.0915. The number of hydrogen-bond donors (Lipinski definition) is 3. The molecule has 1 aromatic heterocycles. The van der Waals surface area contributed by atoms with Gasteiger partial charge in [0, 0.05) is 0 Å². The molecule has 1 atom stereocenters. The Kier molecular flexibility index (Phi) is 4.64. The number of aromatic amines is 1. The molecule has 0 aliphatic carbocycles. The number of aromatic nitrogens is 2. The van der Waals surface area contributed by atoms with Gasteiger partial charge in [0.05, 0.1) is 35.7 Å². The van der Waals surface area contributed by atoms with Crippen molar-refractivity contribution in [3.63, 3.8) is 0 Å². The van der Waals surface area contributed by atoms with E-state index in [0.29, 0.717) is 6.42 Å². The zero-order chi connectivity index (χ0) is 15.4. The topological polar surface area (TPSA) is 78.0 Å². The van der Waals surface area contributed by atoms with E-state index in [0.717, 1.165) is 12.1 Å². The first-order valence-corrected chi connectivity index (χ1v) is 6.48. The molecular formula is C14H15F2N3O2. The molecule has 0 aliphatic heterocycles. The molecule has 0 saturated carbocycles. The highest BCUT2D eigenvalue weighted by molar-refractivity contribution is 6.00. The van der Waals surface area contributed by atoms with Crippen molar-refractivity contribution in [1.82, 2.24) is 15.5 Å². The second-order valence-electron chi connectivity index (χ2n) is 4.52. The maximum absolute atomic E-state index is 13.8. The van der Waals surface area contributed by atoms with Gasteiger partial charge in [-0.3, -0.25) is 9.89 Å². The van der Waals surface area contributed by atoms with Crippen LogP contribution in [0.2, 0.25) is 0 Å². The lowest BCUT2D eigenvalue weighted by Gasteiger charge is -2.14. The third kappa shape index (κ3) is 3.08. The van der Waals surface area contributed by atoms with Gasteiger partial charge in [-0.25, -0.2) is 8.78 Å². The van der Waals surface area contributed by atoms with Gasteiger partial charge in [0.25, 0.3) is 5.91 Å². The van der Waals surface area contributed by atoms with Crippen molar-refractivity contribution in [1.29, 1.82) is 0 Å². The number of H-pyrrole nitrogens is 1. The largest absolute Gasteiger partial charge is 0.394 e. The molecular weight excluding hydrogens is 280 g/mol. The van der Waals surface area contributed by atoms with Gasteiger partial charge in [0.15, 0.2) is 0 Å². The van der Waals surface area contributed by atoms with Crippen molar-refractivity contribution in [3.05, 3.63) is 41.6 Å². The second kappa shape index (κ2) is 6.45. The first-order valence-electron chi connectivity index (χ1n) is 6.48. The fourth-order valence-electron chi connectivity index (χ4n) is 1.93. The van der Waals surface area contributed by atoms with Gasteiger partial charge >= 0.3 is 0 Å². The van der Waals surface area contributed by atoms with E-state index in [-0.39, 0.29) is 23.4 Å². The van der Waals surface area contributed by atoms with Crippen LogP contribution in [0.15, 0.2) is 24.4 Å². The van der Waals surface area contributed by atoms with E-state index in [2.05, 4.69) is 15.5 Å². The van der Waals surface area contributed by atoms with Crippen LogP contribution < -0.4 is 5.32 Å². The van der Waals surface area contributed by atoms with Crippen LogP contribution in [-0.4, -0.2) is 33.9 Å². The molecule has 0 aliphatic rings. The minimum Gasteiger partial charge on any atom is -0.394 e. The monoisotopic (exact) mass is 295 g/mol. The van der Waals surface area contributed by atoms with Crippen molar-refractivity contribution in [3.8, 4) is 11.3 Å². The number of aliphatic hydroxyl groups is 1. The molecule has 1 heterocycles. The molecule has 7 heteroatoms. The van der Waals surface area contributed by atoms with Crippen LogP contribution in [0.3, 0.4) is 0 Å². The van der Waals surface area contributed by atoms with Crippen molar-refractivity contribution < 1.29 is 18.7 Å². The summed E-state index contributed by atoms with van der Waals surface area (Å²) in [4.78, 5) is 12.1. The standard InChI is InChI=1S/C14H15F2N3O2/c1-2-8(7-20)18-14(21)9-6-17-19-13(9)12-10(15)4-3-5-11(12)16/h3-6,8,20H,2,7H2,1H3,(H,17,19)(H,18,21). The Morgan fingerprint density at radius 2 is 2.10 bits per heavy atom. The number of carbonyl (C=O) groups excluding carboxylic acids is 1. The normalized spacial score (nSPS) is 12.2. The number of benzene rings is 1. The maximum Gasteiger partial charge on any atom is 0.255 e. The number of nitrogens with one attached hydrogen (secondary N) is 2. The Bertz CT molecular complexity index is 619. The molecule has 2 aromatic rings. The number of rotatable bonds is 5. The summed E-state index contributed by atoms with van der Waals surface area (Å²) < 4.78 is 27.6. The molecule has 3 N–H and O–H groups in total. The summed E-state index contributed by atoms with van der Waals surface area (Å²) in [7, 11) is 0. The smallest absolute Gasteiger partial charge is 0.255 e. The molecule has 1 unspecified atom stereocenters. The highest BCUT2D eigenvalue weighted by Crippen LogP contribution is 2.27. The van der Waals surface area contributed by atoms with Crippen molar-refractivity contribution >= 4 is 5.91 Å². The number of halogens is 2. The summed E-state index contributed by atoms with van der Waals surface area (Å²) in [6.45, 7) is 1.58. The molecule has 21 heavy (non-hydrogen) atoms. The van der Waals surface area contributed by atoms with Crippen LogP contribution in [0, 0.1) is 11.6 Å². The summed E-state index contributed by atoms with van der Waals surface area (Å²) in [5.41, 5.74) is -0.348. The minimum absolute atomic E-state index is 0.0194. The molecule has 112 valence electrons. The Labute approximate surface area is 120 Å². The van der Waals surface area contributed by atoms with E-state index in [1.807, 2.05) is 0 Å². The summed E-state index contributed by atoms with van der Waals surface area (Å²) in [6, 6.07) is 3.02. The molecule has 0 radical (unpaired) electrons. The zero-order valence-corrected chi connectivity index (χ0v) is 11.4. The van der Waals surface area contributed by atoms with Crippen molar-refractivity contribution in [2.24, 2.45) is 0 Å². The Balaban J connectivity index is 2.37. The lowest BCUT2D eigenvalue weighted by Crippen LogP contribution is -2.37. The third-order valence-corrected chi connectivity index (χ3v) is 3.15. The summed E-state index contributed by atoms with van der Waals surface area (Å²) in [5.74, 6) is -2.13. The quantitative estimate of drug-likeness (QED) is 0.788. The first-order chi connectivity index (χ1) is 10.1. The Morgan fingerprint density at radius 1 is 1.43 bits per heavy atom. The summed E-state index contributed by atoms with van der Waals surface area (Å²) in [5, 5.41) is 17.8. The van der Waals surface area contributed by atoms with Gasteiger partial charge in [-0.15, -0.1) is 0 Å². The van der Waals surface area contributed by atoms with Gasteiger partial charge in [0.2, 0.25) is 0 Å². The van der Waals surface area contributed by atoms with Gasteiger partial charge in [-0.1, -0.05) is 13.0 Å². The fourth-order valence-corrected chi connectivity index (χ4v) is 1.93. The SMILES string of the molecule is CCC(CO)NC(=O)c1cn[nH]c1-c1c(F)cccc1F. The number of hydrogen-bond acceptors (Lipinski definition) is 3. The van der Waals surface area contributed by atoms with E-state index >= 15 is 0 Å². The highest BCUT2D eigenvalue weighted by atomic mass is 19.1. The minimum atomic E-state index is -0.789. The Morgan fingerprint density at radius 3 is 2.67 bits per heavy atom. The third-order valence-electron chi connectivity index (χ3n) is 3.15. The second-order valence-corrected chi connectivity index (χ2v) is 4.52. The van der Waals surface area contributed by atoms with Crippen LogP contribution >= 0.6 is 0 Å². The molecule has 2 rings (SSSR count). The fraction of sp³-hybridized carbons (Fsp3) is 0.286. The van der Waals surface area contributed by atoms with Crippen molar-refractivity contribution in [2.45, 2.75) is 19.4 Å². The van der Waals surface area contributed by atoms with Gasteiger partial charge in [-0.2, -0.15) is 5.10 Å². The van der Waals surface area contributed by atoms with Crippen LogP contribution in [0.1, 0.15) is 23.7 Å². The summed E-state index contributed by atoms with van der Waals surface area (Å²) in [6.07, 6.45) is 1.73. The average Bonchev–Trinajstić information content (AvgIpc) is 2.93. The highest BCUT2D eigenvalue weighted by Gasteiger charge is 2.22. The van der Waals surface area contributed by atoms with Crippen LogP contribution in [0.4, 0.5) is 8.78 Å². The predicted octanol–water partition coefficient (Wildman–Crippen LogP) is 1.86. The van der Waals surface area contributed by atoms with E-state index in [4.69, 9.17) is 5.11 Å². The van der Waals surface area contributed by atoms with Crippen LogP contribution in [0.25, 0.3) is 11.3 Å². The summed E-state index contributed by atoms with van der Waals surface area (Å²) >= 11 is 0. The lowest BCUT2D eigenvalue weighted by atomic mass is 10.1. The van der Waals surface area contributed by atoms with Gasteiger partial charge in [-0.05, 0) is 18.6 Å². The van der Waals surface area contributed by atoms with E-state index < -0.39 is 23.6 Å². The predicted molar refractivity (Wildman–Crippen MR) is 72.6 cm³/mol. The first kappa shape index (κ1) is 15.1. The molecule has 5 nitrogen and oxygen atoms in total. The number of aliphatic hydroxyl groups excluding tert-OH is 1. The molecule has 0 fully saturated rings. The van der Waals surface area contributed by atoms with Gasteiger partial charge < -0.3 is 10.4 Å². The van der Waals surface area contributed by atoms with Gasteiger partial charge in [0.1, 0.15) is 11.6 Å². The molecule has 1 aromatic carbocycles. The molecule has 0 spiro atoms. The average molecular weight is 295 g/mol. The zero-order valence-electron chi connectivity index (χ0n) is 11.4. The number of carbonyl (C=O) groups is 1. The van der Waals surface area contributed by atoms with Crippen LogP contribution in [-0.2, 0) is 0 Å². The maximum atomic E-state index is 13.8. The van der Waals surface area contributed by atoms with E-state index in [1.54, 1.807) is 6.92 Å². The molecule has 0 saturated heterocycles. The van der Waals surface area contributed by atoms with Crippen LogP contribution in [0.5, 0.6) is 0 Å². The van der Waals surface area contributed by atoms with Crippen molar-refractivity contribution in [2.75, 3.05) is 6.61 Å². The molecule has 0 bridgehead atoms. The molecule has 1 amide bonds.